The van der Waals surface area contributed by atoms with Gasteiger partial charge in [-0.2, -0.15) is 4.72 Å². The molecule has 0 aromatic heterocycles. The molecule has 0 amide bonds. The van der Waals surface area contributed by atoms with Crippen LogP contribution in [0.1, 0.15) is 16.8 Å². The Labute approximate surface area is 194 Å². The maximum Gasteiger partial charge on any atom is 0.345 e. The number of nitro groups is 1. The van der Waals surface area contributed by atoms with Crippen molar-refractivity contribution < 1.29 is 32.4 Å². The van der Waals surface area contributed by atoms with Crippen LogP contribution in [0, 0.1) is 10.1 Å². The number of nitrogens with two attached hydrogens (primary N) is 1. The Balaban J connectivity index is 1.54. The molecule has 3 aromatic rings. The number of non-ortho nitro benzene ring substituents is 1. The Kier molecular flexibility index (Phi) is 7.68. The maximum atomic E-state index is 12.2. The first-order valence-electron chi connectivity index (χ1n) is 9.74. The van der Waals surface area contributed by atoms with E-state index in [2.05, 4.69) is 4.72 Å². The molecule has 3 N–H and O–H groups in total. The van der Waals surface area contributed by atoms with Gasteiger partial charge in [-0.15, -0.1) is 0 Å². The van der Waals surface area contributed by atoms with E-state index in [4.69, 9.17) is 15.2 Å². The molecule has 0 fully saturated rings. The second-order valence-electron chi connectivity index (χ2n) is 6.89. The average Bonchev–Trinajstić information content (AvgIpc) is 2.79. The van der Waals surface area contributed by atoms with Gasteiger partial charge in [0.25, 0.3) is 5.69 Å². The lowest BCUT2D eigenvalue weighted by Crippen LogP contribution is -2.43. The summed E-state index contributed by atoms with van der Waals surface area (Å²) in [4.78, 5) is 34.5. The second kappa shape index (κ2) is 10.7. The molecule has 11 nitrogen and oxygen atoms in total. The molecule has 0 radical (unpaired) electrons. The first kappa shape index (κ1) is 24.5. The zero-order chi connectivity index (χ0) is 24.7. The van der Waals surface area contributed by atoms with Crippen molar-refractivity contribution in [3.8, 4) is 11.5 Å². The molecular weight excluding hydrogens is 466 g/mol. The summed E-state index contributed by atoms with van der Waals surface area (Å²) in [5.41, 5.74) is 5.56. The van der Waals surface area contributed by atoms with Gasteiger partial charge in [0.05, 0.1) is 34.0 Å². The van der Waals surface area contributed by atoms with Gasteiger partial charge >= 0.3 is 11.9 Å². The van der Waals surface area contributed by atoms with Crippen molar-refractivity contribution in [1.82, 2.24) is 4.72 Å². The maximum absolute atomic E-state index is 12.2. The number of rotatable bonds is 9. The van der Waals surface area contributed by atoms with Gasteiger partial charge < -0.3 is 15.2 Å². The number of ether oxygens (including phenoxy) is 2. The number of nitrogens with one attached hydrogen (secondary N) is 1. The number of sulfonamides is 1. The van der Waals surface area contributed by atoms with Crippen LogP contribution in [0.25, 0.3) is 0 Å². The number of carbonyl (C=O) groups excluding carboxylic acids is 2. The molecule has 0 saturated carbocycles. The summed E-state index contributed by atoms with van der Waals surface area (Å²) in [5, 5.41) is 10.8. The van der Waals surface area contributed by atoms with Gasteiger partial charge in [-0.1, -0.05) is 24.3 Å². The topological polar surface area (TPSA) is 168 Å². The predicted molar refractivity (Wildman–Crippen MR) is 119 cm³/mol. The van der Waals surface area contributed by atoms with E-state index in [0.29, 0.717) is 5.75 Å². The number of esters is 2. The highest BCUT2D eigenvalue weighted by Gasteiger charge is 2.22. The van der Waals surface area contributed by atoms with Crippen LogP contribution in [-0.2, 0) is 19.6 Å². The molecule has 34 heavy (non-hydrogen) atoms. The van der Waals surface area contributed by atoms with Gasteiger partial charge in [0.15, 0.2) is 0 Å². The molecule has 1 atom stereocenters. The highest BCUT2D eigenvalue weighted by molar-refractivity contribution is 7.89. The van der Waals surface area contributed by atoms with Crippen molar-refractivity contribution in [2.24, 2.45) is 5.73 Å². The minimum Gasteiger partial charge on any atom is -0.457 e. The van der Waals surface area contributed by atoms with Crippen molar-refractivity contribution in [2.75, 3.05) is 0 Å². The Morgan fingerprint density at radius 2 is 1.65 bits per heavy atom. The van der Waals surface area contributed by atoms with E-state index < -0.39 is 39.5 Å². The van der Waals surface area contributed by atoms with E-state index in [1.165, 1.54) is 72.8 Å². The van der Waals surface area contributed by atoms with Crippen LogP contribution in [0.2, 0.25) is 0 Å². The molecule has 0 heterocycles. The lowest BCUT2D eigenvalue weighted by atomic mass is 10.2. The number of hydrogen-bond donors (Lipinski definition) is 2. The molecule has 0 aliphatic rings. The summed E-state index contributed by atoms with van der Waals surface area (Å²) in [6.07, 6.45) is -1.89. The van der Waals surface area contributed by atoms with E-state index >= 15 is 0 Å². The summed E-state index contributed by atoms with van der Waals surface area (Å²) in [6, 6.07) is 18.5. The molecule has 12 heteroatoms. The largest absolute Gasteiger partial charge is 0.457 e. The van der Waals surface area contributed by atoms with Gasteiger partial charge in [0.1, 0.15) is 11.5 Å². The van der Waals surface area contributed by atoms with E-state index in [1.807, 2.05) is 0 Å². The summed E-state index contributed by atoms with van der Waals surface area (Å²) in [7, 11) is -3.94. The van der Waals surface area contributed by atoms with E-state index in [-0.39, 0.29) is 21.9 Å². The van der Waals surface area contributed by atoms with Crippen molar-refractivity contribution in [1.29, 1.82) is 0 Å². The van der Waals surface area contributed by atoms with E-state index in [9.17, 15) is 28.1 Å². The fourth-order valence-electron chi connectivity index (χ4n) is 2.75. The van der Waals surface area contributed by atoms with Crippen LogP contribution >= 0.6 is 0 Å². The molecule has 176 valence electrons. The minimum atomic E-state index is -3.94. The lowest BCUT2D eigenvalue weighted by molar-refractivity contribution is -0.384. The Bertz CT molecular complexity index is 1300. The first-order valence-corrected chi connectivity index (χ1v) is 11.2. The molecule has 0 saturated heterocycles. The van der Waals surface area contributed by atoms with Crippen molar-refractivity contribution >= 4 is 27.6 Å². The SMILES string of the molecule is N[C@H](CC(=O)OC(=O)c1ccc(Oc2cccc([N+](=O)[O-])c2)cc1)NS(=O)(=O)c1ccccc1. The number of nitrogens with zero attached hydrogens (tertiary/aromatic N) is 1. The number of carbonyl (C=O) groups is 2. The molecule has 0 aliphatic carbocycles. The van der Waals surface area contributed by atoms with Gasteiger partial charge in [-0.25, -0.2) is 13.2 Å². The highest BCUT2D eigenvalue weighted by atomic mass is 32.2. The number of nitro benzene ring substituents is 1. The van der Waals surface area contributed by atoms with Crippen LogP contribution in [0.15, 0.2) is 83.8 Å². The minimum absolute atomic E-state index is 0.0256. The number of benzene rings is 3. The van der Waals surface area contributed by atoms with E-state index in [1.54, 1.807) is 6.07 Å². The molecule has 0 bridgehead atoms. The zero-order valence-corrected chi connectivity index (χ0v) is 18.3. The van der Waals surface area contributed by atoms with Crippen LogP contribution in [0.4, 0.5) is 5.69 Å². The fraction of sp³-hybridized carbons (Fsp3) is 0.0909. The summed E-state index contributed by atoms with van der Waals surface area (Å²) >= 11 is 0. The standard InChI is InChI=1S/C22H19N3O8S/c23-20(24-34(30,31)19-7-2-1-3-8-19)14-21(26)33-22(27)15-9-11-17(12-10-15)32-18-6-4-5-16(13-18)25(28)29/h1-13,20,24H,14,23H2/t20-/m0/s1. The van der Waals surface area contributed by atoms with Crippen molar-refractivity contribution in [3.63, 3.8) is 0 Å². The Morgan fingerprint density at radius 3 is 2.29 bits per heavy atom. The molecular formula is C22H19N3O8S. The smallest absolute Gasteiger partial charge is 0.345 e. The third kappa shape index (κ3) is 6.68. The normalized spacial score (nSPS) is 11.9. The summed E-state index contributed by atoms with van der Waals surface area (Å²) < 4.78 is 36.8. The lowest BCUT2D eigenvalue weighted by Gasteiger charge is -2.13. The molecule has 0 aliphatic heterocycles. The van der Waals surface area contributed by atoms with Crippen molar-refractivity contribution in [2.45, 2.75) is 17.5 Å². The molecule has 3 rings (SSSR count). The van der Waals surface area contributed by atoms with E-state index in [0.717, 1.165) is 0 Å². The average molecular weight is 485 g/mol. The Hall–Kier alpha value is -4.13. The van der Waals surface area contributed by atoms with Crippen LogP contribution in [0.5, 0.6) is 11.5 Å². The first-order chi connectivity index (χ1) is 16.1. The summed E-state index contributed by atoms with van der Waals surface area (Å²) in [6.45, 7) is 0. The van der Waals surface area contributed by atoms with Crippen molar-refractivity contribution in [3.05, 3.63) is 94.5 Å². The molecule has 0 unspecified atom stereocenters. The van der Waals surface area contributed by atoms with Gasteiger partial charge in [-0.3, -0.25) is 14.9 Å². The van der Waals surface area contributed by atoms with Gasteiger partial charge in [0, 0.05) is 6.07 Å². The van der Waals surface area contributed by atoms with Crippen LogP contribution in [0.3, 0.4) is 0 Å². The second-order valence-corrected chi connectivity index (χ2v) is 8.60. The van der Waals surface area contributed by atoms with Gasteiger partial charge in [0.2, 0.25) is 10.0 Å². The fourth-order valence-corrected chi connectivity index (χ4v) is 3.88. The Morgan fingerprint density at radius 1 is 0.971 bits per heavy atom. The quantitative estimate of drug-likeness (QED) is 0.152. The van der Waals surface area contributed by atoms with Crippen LogP contribution in [-0.4, -0.2) is 31.4 Å². The van der Waals surface area contributed by atoms with Gasteiger partial charge in [-0.05, 0) is 42.5 Å². The highest BCUT2D eigenvalue weighted by Crippen LogP contribution is 2.25. The monoisotopic (exact) mass is 485 g/mol. The predicted octanol–water partition coefficient (Wildman–Crippen LogP) is 2.72. The molecule has 0 spiro atoms. The zero-order valence-electron chi connectivity index (χ0n) is 17.5. The van der Waals surface area contributed by atoms with Crippen LogP contribution < -0.4 is 15.2 Å². The molecule has 3 aromatic carbocycles. The number of hydrogen-bond acceptors (Lipinski definition) is 9. The third-order valence-corrected chi connectivity index (χ3v) is 5.81. The summed E-state index contributed by atoms with van der Waals surface area (Å²) in [5.74, 6) is -1.47. The third-order valence-electron chi connectivity index (χ3n) is 4.31.